The van der Waals surface area contributed by atoms with Crippen LogP contribution < -0.4 is 5.56 Å². The van der Waals surface area contributed by atoms with Crippen LogP contribution in [0.2, 0.25) is 10.0 Å². The molecule has 0 atom stereocenters. The topological polar surface area (TPSA) is 155 Å². The number of azide groups is 1. The molecule has 1 aliphatic heterocycles. The van der Waals surface area contributed by atoms with Crippen molar-refractivity contribution in [3.8, 4) is 0 Å². The fourth-order valence-corrected chi connectivity index (χ4v) is 4.76. The molecule has 1 fully saturated rings. The fourth-order valence-electron chi connectivity index (χ4n) is 4.37. The van der Waals surface area contributed by atoms with Gasteiger partial charge in [-0.1, -0.05) is 69.9 Å². The minimum absolute atomic E-state index is 0.0273. The predicted octanol–water partition coefficient (Wildman–Crippen LogP) is 6.48. The number of amides is 1. The van der Waals surface area contributed by atoms with Gasteiger partial charge < -0.3 is 14.6 Å². The van der Waals surface area contributed by atoms with Crippen LogP contribution in [0.15, 0.2) is 58.4 Å². The number of halogens is 2. The van der Waals surface area contributed by atoms with Crippen molar-refractivity contribution >= 4 is 40.5 Å². The van der Waals surface area contributed by atoms with E-state index in [4.69, 9.17) is 33.5 Å². The van der Waals surface area contributed by atoms with Crippen LogP contribution in [-0.2, 0) is 17.8 Å². The molecule has 3 heterocycles. The Morgan fingerprint density at radius 3 is 2.31 bits per heavy atom. The van der Waals surface area contributed by atoms with Crippen LogP contribution in [0.3, 0.4) is 0 Å². The first kappa shape index (κ1) is 30.8. The Morgan fingerprint density at radius 1 is 1.10 bits per heavy atom. The number of carbonyl (C=O) groups is 1. The first-order valence-corrected chi connectivity index (χ1v) is 14.1. The summed E-state index contributed by atoms with van der Waals surface area (Å²) in [5.74, 6) is 0.614. The molecule has 4 aromatic rings. The highest BCUT2D eigenvalue weighted by atomic mass is 35.5. The highest BCUT2D eigenvalue weighted by Gasteiger charge is 2.29. The number of hydrogen-bond donors (Lipinski definition) is 1. The van der Waals surface area contributed by atoms with E-state index >= 15 is 0 Å². The van der Waals surface area contributed by atoms with Crippen molar-refractivity contribution in [2.24, 2.45) is 5.11 Å². The van der Waals surface area contributed by atoms with E-state index in [-0.39, 0.29) is 23.1 Å². The van der Waals surface area contributed by atoms with Crippen molar-refractivity contribution in [3.63, 3.8) is 0 Å². The minimum atomic E-state index is -0.529. The van der Waals surface area contributed by atoms with Crippen LogP contribution >= 0.6 is 23.2 Å². The number of aromatic amines is 1. The van der Waals surface area contributed by atoms with Gasteiger partial charge in [0.1, 0.15) is 11.4 Å². The van der Waals surface area contributed by atoms with Crippen molar-refractivity contribution in [1.82, 2.24) is 29.9 Å². The number of H-pyrrole nitrogens is 1. The zero-order valence-corrected chi connectivity index (χ0v) is 25.0. The Morgan fingerprint density at radius 2 is 1.71 bits per heavy atom. The lowest BCUT2D eigenvalue weighted by atomic mass is 9.96. The molecule has 12 nitrogen and oxygen atoms in total. The molecule has 1 saturated heterocycles. The number of fused-ring (bicyclic) bond motifs is 1. The van der Waals surface area contributed by atoms with E-state index in [2.05, 4.69) is 30.3 Å². The number of benzene rings is 2. The highest BCUT2D eigenvalue weighted by molar-refractivity contribution is 6.31. The largest absolute Gasteiger partial charge is 0.444 e. The predicted molar refractivity (Wildman–Crippen MR) is 161 cm³/mol. The van der Waals surface area contributed by atoms with Gasteiger partial charge in [0.2, 0.25) is 0 Å². The number of aromatic nitrogens is 5. The molecule has 42 heavy (non-hydrogen) atoms. The maximum Gasteiger partial charge on any atom is 0.410 e. The summed E-state index contributed by atoms with van der Waals surface area (Å²) in [5, 5.41) is 12.8. The summed E-state index contributed by atoms with van der Waals surface area (Å²) >= 11 is 12.0. The van der Waals surface area contributed by atoms with E-state index in [0.717, 1.165) is 11.1 Å². The molecule has 0 unspecified atom stereocenters. The maximum atomic E-state index is 12.6. The molecule has 0 bridgehead atoms. The standard InChI is InChI=1S/C21H25ClN6O3.C7H6ClN3/c1-21(2,3)31-20(30)27-10-8-13(9-11-27)17-23-18-16(19(29)24-17)25-26-28(18)12-14-6-4-5-7-15(14)22;8-7-4-2-1-3-6(7)5-10-11-9/h4-7,13H,8-12H2,1-3H3,(H,23,24,29);1-4H,5H2. The first-order valence-electron chi connectivity index (χ1n) is 13.3. The number of ether oxygens (including phenoxy) is 1. The van der Waals surface area contributed by atoms with Crippen LogP contribution in [-0.4, -0.2) is 54.6 Å². The second-order valence-electron chi connectivity index (χ2n) is 10.7. The summed E-state index contributed by atoms with van der Waals surface area (Å²) in [5.41, 5.74) is 9.53. The van der Waals surface area contributed by atoms with E-state index < -0.39 is 5.60 Å². The number of nitrogens with one attached hydrogen (secondary N) is 1. The molecular weight excluding hydrogens is 581 g/mol. The third-order valence-corrected chi connectivity index (χ3v) is 7.20. The normalized spacial score (nSPS) is 13.7. The molecule has 1 aliphatic rings. The van der Waals surface area contributed by atoms with Crippen LogP contribution in [0.4, 0.5) is 4.79 Å². The summed E-state index contributed by atoms with van der Waals surface area (Å²) in [6.07, 6.45) is 1.05. The lowest BCUT2D eigenvalue weighted by Gasteiger charge is -2.33. The van der Waals surface area contributed by atoms with Crippen molar-refractivity contribution in [3.05, 3.63) is 96.3 Å². The van der Waals surface area contributed by atoms with Gasteiger partial charge in [-0.3, -0.25) is 4.79 Å². The highest BCUT2D eigenvalue weighted by Crippen LogP contribution is 2.27. The van der Waals surface area contributed by atoms with Crippen molar-refractivity contribution in [2.75, 3.05) is 13.1 Å². The zero-order chi connectivity index (χ0) is 30.3. The molecule has 0 spiro atoms. The molecular formula is C28H31Cl2N9O3. The number of piperidine rings is 1. The third kappa shape index (κ3) is 8.00. The van der Waals surface area contributed by atoms with Crippen LogP contribution in [0.5, 0.6) is 0 Å². The lowest BCUT2D eigenvalue weighted by Crippen LogP contribution is -2.41. The summed E-state index contributed by atoms with van der Waals surface area (Å²) in [6, 6.07) is 14.7. The Hall–Kier alpha value is -4.12. The van der Waals surface area contributed by atoms with Crippen molar-refractivity contribution in [1.29, 1.82) is 0 Å². The van der Waals surface area contributed by atoms with Crippen LogP contribution in [0, 0.1) is 0 Å². The van der Waals surface area contributed by atoms with Crippen molar-refractivity contribution < 1.29 is 9.53 Å². The Bertz CT molecular complexity index is 1650. The van der Waals surface area contributed by atoms with Gasteiger partial charge in [0.25, 0.3) is 5.56 Å². The Labute approximate surface area is 252 Å². The average molecular weight is 613 g/mol. The maximum absolute atomic E-state index is 12.6. The van der Waals surface area contributed by atoms with E-state index in [1.165, 1.54) is 0 Å². The molecule has 5 rings (SSSR count). The minimum Gasteiger partial charge on any atom is -0.444 e. The van der Waals surface area contributed by atoms with Gasteiger partial charge in [0.05, 0.1) is 13.1 Å². The van der Waals surface area contributed by atoms with Gasteiger partial charge in [-0.2, -0.15) is 0 Å². The average Bonchev–Trinajstić information content (AvgIpc) is 3.36. The molecule has 2 aromatic heterocycles. The van der Waals surface area contributed by atoms with E-state index in [1.54, 1.807) is 21.7 Å². The molecule has 0 saturated carbocycles. The molecule has 1 amide bonds. The smallest absolute Gasteiger partial charge is 0.410 e. The van der Waals surface area contributed by atoms with Gasteiger partial charge in [0, 0.05) is 34.0 Å². The quantitative estimate of drug-likeness (QED) is 0.155. The molecule has 2 aromatic carbocycles. The van der Waals surface area contributed by atoms with Gasteiger partial charge in [-0.25, -0.2) is 14.5 Å². The number of rotatable bonds is 5. The Kier molecular flexibility index (Phi) is 10.1. The fraction of sp³-hybridized carbons (Fsp3) is 0.393. The van der Waals surface area contributed by atoms with Gasteiger partial charge in [-0.15, -0.1) is 5.10 Å². The lowest BCUT2D eigenvalue weighted by molar-refractivity contribution is 0.0203. The molecule has 14 heteroatoms. The Balaban J connectivity index is 0.000000310. The van der Waals surface area contributed by atoms with Gasteiger partial charge in [-0.05, 0) is 62.4 Å². The summed E-state index contributed by atoms with van der Waals surface area (Å²) in [4.78, 5) is 36.7. The first-order chi connectivity index (χ1) is 20.1. The van der Waals surface area contributed by atoms with Crippen LogP contribution in [0.25, 0.3) is 21.6 Å². The van der Waals surface area contributed by atoms with Gasteiger partial charge in [0.15, 0.2) is 11.2 Å². The number of likely N-dealkylation sites (tertiary alicyclic amines) is 1. The van der Waals surface area contributed by atoms with E-state index in [9.17, 15) is 9.59 Å². The summed E-state index contributed by atoms with van der Waals surface area (Å²) in [7, 11) is 0. The summed E-state index contributed by atoms with van der Waals surface area (Å²) in [6.45, 7) is 7.31. The summed E-state index contributed by atoms with van der Waals surface area (Å²) < 4.78 is 7.04. The monoisotopic (exact) mass is 611 g/mol. The molecule has 1 N–H and O–H groups in total. The second kappa shape index (κ2) is 13.7. The second-order valence-corrected chi connectivity index (χ2v) is 11.5. The van der Waals surface area contributed by atoms with Crippen LogP contribution in [0.1, 0.15) is 56.5 Å². The SMILES string of the molecule is CC(C)(C)OC(=O)N1CCC(c2nc3c(nnn3Cc3ccccc3Cl)c(=O)[nH]2)CC1.[N-]=[N+]=NCc1ccccc1Cl. The van der Waals surface area contributed by atoms with E-state index in [1.807, 2.05) is 57.2 Å². The number of hydrogen-bond acceptors (Lipinski definition) is 7. The third-order valence-electron chi connectivity index (χ3n) is 6.47. The zero-order valence-electron chi connectivity index (χ0n) is 23.5. The van der Waals surface area contributed by atoms with Gasteiger partial charge >= 0.3 is 6.09 Å². The molecule has 0 aliphatic carbocycles. The molecule has 0 radical (unpaired) electrons. The number of nitrogens with zero attached hydrogens (tertiary/aromatic N) is 8. The van der Waals surface area contributed by atoms with E-state index in [0.29, 0.717) is 60.5 Å². The van der Waals surface area contributed by atoms with Crippen molar-refractivity contribution in [2.45, 2.75) is 58.2 Å². The molecule has 220 valence electrons. The number of carbonyl (C=O) groups excluding carboxylic acids is 1.